The van der Waals surface area contributed by atoms with Crippen LogP contribution < -0.4 is 5.32 Å². The summed E-state index contributed by atoms with van der Waals surface area (Å²) >= 11 is 0. The molecule has 186 valence electrons. The molecule has 6 nitrogen and oxygen atoms in total. The van der Waals surface area contributed by atoms with E-state index in [1.165, 1.54) is 66.8 Å². The van der Waals surface area contributed by atoms with Gasteiger partial charge >= 0.3 is 0 Å². The highest BCUT2D eigenvalue weighted by Crippen LogP contribution is 2.44. The van der Waals surface area contributed by atoms with Crippen LogP contribution in [-0.4, -0.2) is 33.6 Å². The third-order valence-corrected chi connectivity index (χ3v) is 8.41. The molecule has 0 saturated heterocycles. The predicted octanol–water partition coefficient (Wildman–Crippen LogP) is 5.75. The molecule has 6 heteroatoms. The number of aryl methyl sites for hydroxylation is 1. The van der Waals surface area contributed by atoms with E-state index in [1.54, 1.807) is 29.2 Å². The monoisotopic (exact) mass is 483 g/mol. The normalized spacial score (nSPS) is 19.7. The lowest BCUT2D eigenvalue weighted by atomic mass is 9.83. The van der Waals surface area contributed by atoms with Gasteiger partial charge in [0.05, 0.1) is 17.3 Å². The molecule has 36 heavy (non-hydrogen) atoms. The van der Waals surface area contributed by atoms with Crippen molar-refractivity contribution in [1.82, 2.24) is 9.47 Å². The maximum Gasteiger partial charge on any atom is 0.295 e. The maximum absolute atomic E-state index is 13.6. The second-order valence-electron chi connectivity index (χ2n) is 10.6. The Balaban J connectivity index is 1.34. The molecule has 0 radical (unpaired) electrons. The first-order chi connectivity index (χ1) is 17.5. The average Bonchev–Trinajstić information content (AvgIpc) is 3.23. The van der Waals surface area contributed by atoms with E-state index in [9.17, 15) is 14.4 Å². The zero-order valence-corrected chi connectivity index (χ0v) is 20.9. The van der Waals surface area contributed by atoms with E-state index in [0.29, 0.717) is 24.7 Å². The Labute approximate surface area is 211 Å². The van der Waals surface area contributed by atoms with Crippen molar-refractivity contribution in [3.8, 4) is 0 Å². The molecule has 2 aromatic carbocycles. The smallest absolute Gasteiger partial charge is 0.295 e. The lowest BCUT2D eigenvalue weighted by Gasteiger charge is -2.39. The Bertz CT molecular complexity index is 1370. The van der Waals surface area contributed by atoms with Crippen molar-refractivity contribution in [2.24, 2.45) is 0 Å². The molecular formula is C30H33N3O3. The molecule has 2 aliphatic carbocycles. The number of hydrogen-bond donors (Lipinski definition) is 1. The summed E-state index contributed by atoms with van der Waals surface area (Å²) in [6.07, 6.45) is 9.44. The number of anilines is 1. The van der Waals surface area contributed by atoms with Crippen molar-refractivity contribution in [2.75, 3.05) is 11.9 Å². The molecule has 1 saturated carbocycles. The van der Waals surface area contributed by atoms with Gasteiger partial charge in [0.2, 0.25) is 5.91 Å². The van der Waals surface area contributed by atoms with Gasteiger partial charge in [-0.2, -0.15) is 0 Å². The SMILES string of the molecule is CC(=O)Nc1ccccc1C(=O)C(=O)N1CCn2c3c(c4cc(C5CCCCC5)ccc42)CCC[C@H]31. The molecule has 0 unspecified atom stereocenters. The van der Waals surface area contributed by atoms with Crippen LogP contribution in [0.2, 0.25) is 0 Å². The van der Waals surface area contributed by atoms with E-state index < -0.39 is 11.7 Å². The highest BCUT2D eigenvalue weighted by Gasteiger charge is 2.39. The highest BCUT2D eigenvalue weighted by molar-refractivity contribution is 6.44. The summed E-state index contributed by atoms with van der Waals surface area (Å²) in [5.74, 6) is -0.651. The second-order valence-corrected chi connectivity index (χ2v) is 10.6. The number of nitrogens with one attached hydrogen (secondary N) is 1. The summed E-state index contributed by atoms with van der Waals surface area (Å²) in [6, 6.07) is 13.7. The summed E-state index contributed by atoms with van der Waals surface area (Å²) in [6.45, 7) is 2.60. The van der Waals surface area contributed by atoms with Crippen molar-refractivity contribution >= 4 is 34.2 Å². The number of nitrogens with zero attached hydrogens (tertiary/aromatic N) is 2. The Morgan fingerprint density at radius 3 is 2.53 bits per heavy atom. The Morgan fingerprint density at radius 1 is 0.917 bits per heavy atom. The van der Waals surface area contributed by atoms with Crippen LogP contribution in [0.5, 0.6) is 0 Å². The number of fused-ring (bicyclic) bond motifs is 3. The maximum atomic E-state index is 13.6. The van der Waals surface area contributed by atoms with Crippen molar-refractivity contribution in [3.63, 3.8) is 0 Å². The Hall–Kier alpha value is -3.41. The number of para-hydroxylation sites is 1. The van der Waals surface area contributed by atoms with Gasteiger partial charge in [-0.25, -0.2) is 0 Å². The quantitative estimate of drug-likeness (QED) is 0.379. The van der Waals surface area contributed by atoms with Gasteiger partial charge in [0, 0.05) is 36.6 Å². The van der Waals surface area contributed by atoms with Crippen LogP contribution >= 0.6 is 0 Å². The fourth-order valence-corrected chi connectivity index (χ4v) is 6.78. The van der Waals surface area contributed by atoms with Crippen LogP contribution in [0, 0.1) is 0 Å². The van der Waals surface area contributed by atoms with Crippen molar-refractivity contribution in [3.05, 3.63) is 64.8 Å². The number of hydrogen-bond acceptors (Lipinski definition) is 3. The van der Waals surface area contributed by atoms with Gasteiger partial charge < -0.3 is 14.8 Å². The summed E-state index contributed by atoms with van der Waals surface area (Å²) in [7, 11) is 0. The van der Waals surface area contributed by atoms with E-state index in [0.717, 1.165) is 19.3 Å². The summed E-state index contributed by atoms with van der Waals surface area (Å²) in [4.78, 5) is 40.4. The predicted molar refractivity (Wildman–Crippen MR) is 140 cm³/mol. The minimum absolute atomic E-state index is 0.0857. The van der Waals surface area contributed by atoms with Crippen LogP contribution in [0.1, 0.15) is 91.0 Å². The Kier molecular flexibility index (Phi) is 5.90. The van der Waals surface area contributed by atoms with Gasteiger partial charge in [-0.05, 0) is 73.4 Å². The minimum Gasteiger partial charge on any atom is -0.341 e. The van der Waals surface area contributed by atoms with E-state index in [2.05, 4.69) is 28.1 Å². The molecular weight excluding hydrogens is 450 g/mol. The molecule has 3 aromatic rings. The number of Topliss-reactive ketones (excluding diaryl/α,β-unsaturated/α-hetero) is 1. The summed E-state index contributed by atoms with van der Waals surface area (Å²) in [5, 5.41) is 4.03. The molecule has 1 atom stereocenters. The van der Waals surface area contributed by atoms with Gasteiger partial charge in [-0.1, -0.05) is 37.5 Å². The third kappa shape index (κ3) is 3.83. The second kappa shape index (κ2) is 9.23. The number of carbonyl (C=O) groups excluding carboxylic acids is 3. The van der Waals surface area contributed by atoms with Crippen molar-refractivity contribution in [1.29, 1.82) is 0 Å². The van der Waals surface area contributed by atoms with E-state index in [4.69, 9.17) is 0 Å². The molecule has 3 aliphatic rings. The van der Waals surface area contributed by atoms with Crippen molar-refractivity contribution < 1.29 is 14.4 Å². The molecule has 1 fully saturated rings. The number of ketones is 1. The largest absolute Gasteiger partial charge is 0.341 e. The number of carbonyl (C=O) groups is 3. The first-order valence-corrected chi connectivity index (χ1v) is 13.4. The average molecular weight is 484 g/mol. The molecule has 1 N–H and O–H groups in total. The zero-order valence-electron chi connectivity index (χ0n) is 20.9. The molecule has 6 rings (SSSR count). The molecule has 1 aliphatic heterocycles. The van der Waals surface area contributed by atoms with Crippen LogP contribution in [0.25, 0.3) is 10.9 Å². The summed E-state index contributed by atoms with van der Waals surface area (Å²) in [5.41, 5.74) is 5.94. The minimum atomic E-state index is -0.560. The molecule has 2 amide bonds. The lowest BCUT2D eigenvalue weighted by Crippen LogP contribution is -2.46. The van der Waals surface area contributed by atoms with Gasteiger partial charge in [0.15, 0.2) is 0 Å². The standard InChI is InChI=1S/C30H33N3O3/c1-19(34)31-25-12-6-5-10-23(25)29(35)30(36)33-17-16-32-26-15-14-21(20-8-3-2-4-9-20)18-24(26)22-11-7-13-27(33)28(22)32/h5-6,10,12,14-15,18,20,27H,2-4,7-9,11,13,16-17H2,1H3,(H,31,34)/t27-/m1/s1. The number of aromatic nitrogens is 1. The van der Waals surface area contributed by atoms with Gasteiger partial charge in [-0.15, -0.1) is 0 Å². The first kappa shape index (κ1) is 23.0. The fourth-order valence-electron chi connectivity index (χ4n) is 6.78. The van der Waals surface area contributed by atoms with Gasteiger partial charge in [0.25, 0.3) is 11.7 Å². The topological polar surface area (TPSA) is 71.4 Å². The number of amides is 2. The van der Waals surface area contributed by atoms with E-state index >= 15 is 0 Å². The van der Waals surface area contributed by atoms with Crippen LogP contribution in [0.4, 0.5) is 5.69 Å². The fraction of sp³-hybridized carbons (Fsp3) is 0.433. The van der Waals surface area contributed by atoms with Crippen molar-refractivity contribution in [2.45, 2.75) is 76.8 Å². The number of rotatable bonds is 4. The third-order valence-electron chi connectivity index (χ3n) is 8.41. The molecule has 0 bridgehead atoms. The van der Waals surface area contributed by atoms with E-state index in [-0.39, 0.29) is 17.5 Å². The van der Waals surface area contributed by atoms with Gasteiger partial charge in [-0.3, -0.25) is 14.4 Å². The first-order valence-electron chi connectivity index (χ1n) is 13.4. The molecule has 1 aromatic heterocycles. The van der Waals surface area contributed by atoms with Gasteiger partial charge in [0.1, 0.15) is 0 Å². The number of benzene rings is 2. The van der Waals surface area contributed by atoms with Crippen LogP contribution in [0.15, 0.2) is 42.5 Å². The Morgan fingerprint density at radius 2 is 1.72 bits per heavy atom. The zero-order chi connectivity index (χ0) is 24.8. The summed E-state index contributed by atoms with van der Waals surface area (Å²) < 4.78 is 2.40. The molecule has 2 heterocycles. The highest BCUT2D eigenvalue weighted by atomic mass is 16.2. The molecule has 0 spiro atoms. The lowest BCUT2D eigenvalue weighted by molar-refractivity contribution is -0.130. The van der Waals surface area contributed by atoms with E-state index in [1.807, 2.05) is 0 Å². The van der Waals surface area contributed by atoms with Crippen LogP contribution in [-0.2, 0) is 22.6 Å². The van der Waals surface area contributed by atoms with Crippen LogP contribution in [0.3, 0.4) is 0 Å².